The lowest BCUT2D eigenvalue weighted by Gasteiger charge is -2.22. The first-order chi connectivity index (χ1) is 7.83. The third kappa shape index (κ3) is 5.01. The van der Waals surface area contributed by atoms with Crippen molar-refractivity contribution in [1.82, 2.24) is 0 Å². The molecule has 1 rings (SSSR count). The lowest BCUT2D eigenvalue weighted by molar-refractivity contribution is 0.338. The number of halogens is 2. The number of ether oxygens (including phenoxy) is 1. The minimum absolute atomic E-state index is 0.319. The maximum absolute atomic E-state index is 5.51. The van der Waals surface area contributed by atoms with Gasteiger partial charge in [0.2, 0.25) is 0 Å². The Morgan fingerprint density at radius 2 is 1.94 bits per heavy atom. The van der Waals surface area contributed by atoms with Crippen LogP contribution < -0.4 is 4.74 Å². The molecule has 0 saturated carbocycles. The smallest absolute Gasteiger partial charge is 0.133 e. The molecule has 0 aliphatic rings. The van der Waals surface area contributed by atoms with Crippen molar-refractivity contribution >= 4 is 31.9 Å². The summed E-state index contributed by atoms with van der Waals surface area (Å²) in [5.41, 5.74) is 1.61. The Kier molecular flexibility index (Phi) is 5.52. The molecule has 0 bridgehead atoms. The van der Waals surface area contributed by atoms with Gasteiger partial charge in [-0.15, -0.1) is 0 Å². The van der Waals surface area contributed by atoms with Gasteiger partial charge in [-0.2, -0.15) is 0 Å². The second-order valence-electron chi connectivity index (χ2n) is 5.36. The van der Waals surface area contributed by atoms with Gasteiger partial charge in [0.05, 0.1) is 11.1 Å². The Morgan fingerprint density at radius 1 is 1.29 bits per heavy atom. The summed E-state index contributed by atoms with van der Waals surface area (Å²) in [5.74, 6) is 0.909. The molecule has 1 aromatic rings. The van der Waals surface area contributed by atoms with Crippen LogP contribution in [0.3, 0.4) is 0 Å². The summed E-state index contributed by atoms with van der Waals surface area (Å²) in [5, 5.41) is 0. The topological polar surface area (TPSA) is 9.23 Å². The predicted octanol–water partition coefficient (Wildman–Crippen LogP) is 5.72. The van der Waals surface area contributed by atoms with Crippen LogP contribution in [0.1, 0.15) is 44.5 Å². The zero-order chi connectivity index (χ0) is 13.1. The van der Waals surface area contributed by atoms with Crippen LogP contribution in [-0.4, -0.2) is 6.61 Å². The second-order valence-corrected chi connectivity index (χ2v) is 7.31. The number of rotatable bonds is 4. The fourth-order valence-corrected chi connectivity index (χ4v) is 3.41. The van der Waals surface area contributed by atoms with Crippen LogP contribution >= 0.6 is 31.9 Å². The summed E-state index contributed by atoms with van der Waals surface area (Å²) >= 11 is 7.31. The zero-order valence-corrected chi connectivity index (χ0v) is 14.1. The van der Waals surface area contributed by atoms with Crippen molar-refractivity contribution in [2.45, 2.75) is 38.9 Å². The Hall–Kier alpha value is -0.0200. The van der Waals surface area contributed by atoms with E-state index in [1.807, 2.05) is 13.0 Å². The summed E-state index contributed by atoms with van der Waals surface area (Å²) in [6.07, 6.45) is 1.10. The Morgan fingerprint density at radius 3 is 2.41 bits per heavy atom. The van der Waals surface area contributed by atoms with Crippen LogP contribution in [0.5, 0.6) is 5.75 Å². The number of alkyl halides is 1. The van der Waals surface area contributed by atoms with E-state index in [2.05, 4.69) is 64.8 Å². The lowest BCUT2D eigenvalue weighted by Crippen LogP contribution is -2.08. The maximum atomic E-state index is 5.51. The fourth-order valence-electron chi connectivity index (χ4n) is 1.64. The fraction of sp³-hybridized carbons (Fsp3) is 0.571. The summed E-state index contributed by atoms with van der Waals surface area (Å²) in [7, 11) is 0. The van der Waals surface area contributed by atoms with Crippen LogP contribution in [-0.2, 0) is 0 Å². The summed E-state index contributed by atoms with van der Waals surface area (Å²) < 4.78 is 6.53. The average molecular weight is 364 g/mol. The average Bonchev–Trinajstić information content (AvgIpc) is 2.18. The van der Waals surface area contributed by atoms with E-state index in [1.165, 1.54) is 5.56 Å². The molecule has 0 aliphatic carbocycles. The maximum Gasteiger partial charge on any atom is 0.133 e. The first-order valence-corrected chi connectivity index (χ1v) is 7.60. The van der Waals surface area contributed by atoms with Crippen molar-refractivity contribution in [2.24, 2.45) is 5.41 Å². The van der Waals surface area contributed by atoms with E-state index in [1.54, 1.807) is 0 Å². The van der Waals surface area contributed by atoms with Crippen molar-refractivity contribution in [3.8, 4) is 5.75 Å². The highest BCUT2D eigenvalue weighted by molar-refractivity contribution is 9.10. The molecule has 0 N–H and O–H groups in total. The van der Waals surface area contributed by atoms with Gasteiger partial charge in [-0.3, -0.25) is 0 Å². The molecule has 1 nitrogen and oxygen atoms in total. The summed E-state index contributed by atoms with van der Waals surface area (Å²) in [6.45, 7) is 9.45. The van der Waals surface area contributed by atoms with Crippen molar-refractivity contribution in [3.63, 3.8) is 0 Å². The molecule has 0 saturated heterocycles. The van der Waals surface area contributed by atoms with Crippen LogP contribution in [0.4, 0.5) is 0 Å². The van der Waals surface area contributed by atoms with E-state index < -0.39 is 0 Å². The van der Waals surface area contributed by atoms with Gasteiger partial charge in [-0.1, -0.05) is 42.8 Å². The first kappa shape index (κ1) is 15.0. The summed E-state index contributed by atoms with van der Waals surface area (Å²) in [4.78, 5) is 0.384. The molecule has 1 atom stereocenters. The van der Waals surface area contributed by atoms with Crippen molar-refractivity contribution < 1.29 is 4.74 Å². The first-order valence-electron chi connectivity index (χ1n) is 5.90. The largest absolute Gasteiger partial charge is 0.493 e. The molecule has 96 valence electrons. The highest BCUT2D eigenvalue weighted by Gasteiger charge is 2.18. The molecular formula is C14H20Br2O. The van der Waals surface area contributed by atoms with Crippen LogP contribution in [0, 0.1) is 5.41 Å². The van der Waals surface area contributed by atoms with Gasteiger partial charge in [0.25, 0.3) is 0 Å². The van der Waals surface area contributed by atoms with Gasteiger partial charge in [-0.05, 0) is 52.4 Å². The van der Waals surface area contributed by atoms with Gasteiger partial charge >= 0.3 is 0 Å². The second kappa shape index (κ2) is 6.24. The highest BCUT2D eigenvalue weighted by Crippen LogP contribution is 2.38. The lowest BCUT2D eigenvalue weighted by atomic mass is 9.88. The minimum atomic E-state index is 0.319. The molecule has 0 aromatic heterocycles. The van der Waals surface area contributed by atoms with Gasteiger partial charge < -0.3 is 4.74 Å². The molecular weight excluding hydrogens is 344 g/mol. The van der Waals surface area contributed by atoms with Crippen molar-refractivity contribution in [1.29, 1.82) is 0 Å². The van der Waals surface area contributed by atoms with Gasteiger partial charge in [0.1, 0.15) is 5.75 Å². The van der Waals surface area contributed by atoms with Crippen LogP contribution in [0.25, 0.3) is 0 Å². The van der Waals surface area contributed by atoms with E-state index in [0.29, 0.717) is 16.8 Å². The van der Waals surface area contributed by atoms with E-state index in [-0.39, 0.29) is 0 Å². The predicted molar refractivity (Wildman–Crippen MR) is 81.1 cm³/mol. The molecule has 0 fully saturated rings. The number of hydrogen-bond acceptors (Lipinski definition) is 1. The zero-order valence-electron chi connectivity index (χ0n) is 10.9. The molecule has 17 heavy (non-hydrogen) atoms. The van der Waals surface area contributed by atoms with Crippen LogP contribution in [0.15, 0.2) is 22.7 Å². The van der Waals surface area contributed by atoms with Crippen LogP contribution in [0.2, 0.25) is 0 Å². The van der Waals surface area contributed by atoms with E-state index in [4.69, 9.17) is 4.74 Å². The van der Waals surface area contributed by atoms with E-state index >= 15 is 0 Å². The van der Waals surface area contributed by atoms with Gasteiger partial charge in [0, 0.05) is 4.83 Å². The number of hydrogen-bond donors (Lipinski definition) is 0. The highest BCUT2D eigenvalue weighted by atomic mass is 79.9. The SMILES string of the molecule is CCOc1ccc(C(Br)CC(C)(C)C)cc1Br. The molecule has 0 heterocycles. The molecule has 3 heteroatoms. The molecule has 1 unspecified atom stereocenters. The Balaban J connectivity index is 2.82. The molecule has 0 radical (unpaired) electrons. The number of benzene rings is 1. The quantitative estimate of drug-likeness (QED) is 0.621. The standard InChI is InChI=1S/C14H20Br2O/c1-5-17-13-7-6-10(8-11(13)15)12(16)9-14(2,3)4/h6-8,12H,5,9H2,1-4H3. The molecule has 1 aromatic carbocycles. The van der Waals surface area contributed by atoms with Crippen molar-refractivity contribution in [2.75, 3.05) is 6.61 Å². The van der Waals surface area contributed by atoms with Crippen molar-refractivity contribution in [3.05, 3.63) is 28.2 Å². The summed E-state index contributed by atoms with van der Waals surface area (Å²) in [6, 6.07) is 6.29. The normalized spacial score (nSPS) is 13.5. The minimum Gasteiger partial charge on any atom is -0.493 e. The van der Waals surface area contributed by atoms with E-state index in [0.717, 1.165) is 16.6 Å². The Labute approximate surface area is 121 Å². The molecule has 0 spiro atoms. The molecule has 0 amide bonds. The third-order valence-corrected chi connectivity index (χ3v) is 3.88. The monoisotopic (exact) mass is 362 g/mol. The van der Waals surface area contributed by atoms with Gasteiger partial charge in [0.15, 0.2) is 0 Å². The third-order valence-electron chi connectivity index (χ3n) is 2.41. The molecule has 0 aliphatic heterocycles. The Bertz CT molecular complexity index is 369. The van der Waals surface area contributed by atoms with Gasteiger partial charge in [-0.25, -0.2) is 0 Å². The van der Waals surface area contributed by atoms with E-state index in [9.17, 15) is 0 Å².